The molecule has 0 saturated carbocycles. The largest absolute Gasteiger partial charge is 0.389 e. The van der Waals surface area contributed by atoms with Gasteiger partial charge in [0.15, 0.2) is 5.65 Å². The Morgan fingerprint density at radius 2 is 2.15 bits per heavy atom. The van der Waals surface area contributed by atoms with Crippen molar-refractivity contribution in [2.24, 2.45) is 0 Å². The highest BCUT2D eigenvalue weighted by molar-refractivity contribution is 5.35. The molecular weight excluding hydrogens is 256 g/mol. The van der Waals surface area contributed by atoms with Gasteiger partial charge in [0.05, 0.1) is 12.1 Å². The first kappa shape index (κ1) is 14.7. The summed E-state index contributed by atoms with van der Waals surface area (Å²) in [7, 11) is 0. The molecule has 0 aromatic carbocycles. The van der Waals surface area contributed by atoms with Gasteiger partial charge in [-0.2, -0.15) is 0 Å². The minimum Gasteiger partial charge on any atom is -0.389 e. The molecule has 20 heavy (non-hydrogen) atoms. The molecule has 0 aliphatic carbocycles. The molecule has 0 bridgehead atoms. The smallest absolute Gasteiger partial charge is 0.350 e. The highest BCUT2D eigenvalue weighted by Crippen LogP contribution is 2.04. The summed E-state index contributed by atoms with van der Waals surface area (Å²) in [4.78, 5) is 14.2. The molecule has 2 aromatic rings. The summed E-state index contributed by atoms with van der Waals surface area (Å²) >= 11 is 0. The van der Waals surface area contributed by atoms with E-state index in [1.165, 1.54) is 9.08 Å². The van der Waals surface area contributed by atoms with Crippen molar-refractivity contribution in [2.45, 2.75) is 32.9 Å². The minimum atomic E-state index is -0.736. The summed E-state index contributed by atoms with van der Waals surface area (Å²) in [5, 5.41) is 14.1. The molecule has 2 rings (SSSR count). The number of hydrogen-bond acceptors (Lipinski definition) is 4. The molecule has 6 heteroatoms. The van der Waals surface area contributed by atoms with Crippen molar-refractivity contribution >= 4 is 5.65 Å². The Labute approximate surface area is 118 Å². The van der Waals surface area contributed by atoms with Crippen LogP contribution < -0.4 is 5.69 Å². The van der Waals surface area contributed by atoms with Gasteiger partial charge in [-0.15, -0.1) is 5.10 Å². The maximum absolute atomic E-state index is 12.1. The van der Waals surface area contributed by atoms with Crippen LogP contribution in [0.5, 0.6) is 0 Å². The summed E-state index contributed by atoms with van der Waals surface area (Å²) in [6.07, 6.45) is 1.72. The average Bonchev–Trinajstić information content (AvgIpc) is 2.71. The third-order valence-electron chi connectivity index (χ3n) is 3.17. The van der Waals surface area contributed by atoms with E-state index >= 15 is 0 Å². The molecule has 0 amide bonds. The number of aromatic nitrogens is 3. The average molecular weight is 278 g/mol. The van der Waals surface area contributed by atoms with Gasteiger partial charge in [-0.05, 0) is 32.5 Å². The van der Waals surface area contributed by atoms with Gasteiger partial charge in [-0.3, -0.25) is 9.30 Å². The van der Waals surface area contributed by atoms with Crippen molar-refractivity contribution in [1.29, 1.82) is 0 Å². The van der Waals surface area contributed by atoms with Crippen molar-refractivity contribution in [1.82, 2.24) is 19.1 Å². The Kier molecular flexibility index (Phi) is 4.25. The van der Waals surface area contributed by atoms with Crippen LogP contribution in [0.3, 0.4) is 0 Å². The fourth-order valence-electron chi connectivity index (χ4n) is 2.25. The standard InChI is InChI=1S/C14H22N4O2/c1-4-16(11-14(2,3)20)9-10-18-13(19)17-8-6-5-7-12(17)15-18/h5-8,20H,4,9-11H2,1-3H3. The molecule has 0 aliphatic heterocycles. The third-order valence-corrected chi connectivity index (χ3v) is 3.17. The van der Waals surface area contributed by atoms with Gasteiger partial charge < -0.3 is 5.11 Å². The van der Waals surface area contributed by atoms with Crippen molar-refractivity contribution in [2.75, 3.05) is 19.6 Å². The van der Waals surface area contributed by atoms with Crippen molar-refractivity contribution in [3.63, 3.8) is 0 Å². The SMILES string of the molecule is CCN(CCn1nc2ccccn2c1=O)CC(C)(C)O. The maximum atomic E-state index is 12.1. The molecule has 2 heterocycles. The van der Waals surface area contributed by atoms with Gasteiger partial charge >= 0.3 is 5.69 Å². The fourth-order valence-corrected chi connectivity index (χ4v) is 2.25. The van der Waals surface area contributed by atoms with Gasteiger partial charge in [-0.25, -0.2) is 9.48 Å². The van der Waals surface area contributed by atoms with E-state index in [4.69, 9.17) is 0 Å². The van der Waals surface area contributed by atoms with Crippen LogP contribution in [-0.2, 0) is 6.54 Å². The second-order valence-corrected chi connectivity index (χ2v) is 5.62. The second-order valence-electron chi connectivity index (χ2n) is 5.62. The number of pyridine rings is 1. The van der Waals surface area contributed by atoms with Crippen LogP contribution in [0.1, 0.15) is 20.8 Å². The van der Waals surface area contributed by atoms with E-state index in [0.717, 1.165) is 6.54 Å². The van der Waals surface area contributed by atoms with Crippen molar-refractivity contribution in [3.05, 3.63) is 34.9 Å². The predicted octanol–water partition coefficient (Wildman–Crippen LogP) is 0.589. The predicted molar refractivity (Wildman–Crippen MR) is 77.9 cm³/mol. The number of hydrogen-bond donors (Lipinski definition) is 1. The van der Waals surface area contributed by atoms with E-state index in [1.54, 1.807) is 20.0 Å². The van der Waals surface area contributed by atoms with E-state index in [1.807, 2.05) is 25.1 Å². The lowest BCUT2D eigenvalue weighted by Crippen LogP contribution is -2.40. The number of aliphatic hydroxyl groups is 1. The van der Waals surface area contributed by atoms with E-state index in [-0.39, 0.29) is 5.69 Å². The van der Waals surface area contributed by atoms with Crippen LogP contribution in [0, 0.1) is 0 Å². The molecule has 0 spiro atoms. The third kappa shape index (κ3) is 3.46. The molecule has 2 aromatic heterocycles. The first-order valence-corrected chi connectivity index (χ1v) is 6.89. The van der Waals surface area contributed by atoms with Crippen LogP contribution in [-0.4, -0.2) is 49.4 Å². The van der Waals surface area contributed by atoms with Gasteiger partial charge in [0.1, 0.15) is 0 Å². The molecule has 0 saturated heterocycles. The maximum Gasteiger partial charge on any atom is 0.350 e. The lowest BCUT2D eigenvalue weighted by Gasteiger charge is -2.27. The fraction of sp³-hybridized carbons (Fsp3) is 0.571. The van der Waals surface area contributed by atoms with Gasteiger partial charge in [0, 0.05) is 19.3 Å². The number of fused-ring (bicyclic) bond motifs is 1. The van der Waals surface area contributed by atoms with Crippen LogP contribution >= 0.6 is 0 Å². The van der Waals surface area contributed by atoms with Gasteiger partial charge in [0.2, 0.25) is 0 Å². The zero-order valence-corrected chi connectivity index (χ0v) is 12.3. The summed E-state index contributed by atoms with van der Waals surface area (Å²) in [6.45, 7) is 8.21. The Morgan fingerprint density at radius 3 is 2.75 bits per heavy atom. The minimum absolute atomic E-state index is 0.125. The van der Waals surface area contributed by atoms with Crippen LogP contribution in [0.25, 0.3) is 5.65 Å². The van der Waals surface area contributed by atoms with E-state index in [2.05, 4.69) is 10.00 Å². The Hall–Kier alpha value is -1.66. The lowest BCUT2D eigenvalue weighted by molar-refractivity contribution is 0.0364. The highest BCUT2D eigenvalue weighted by Gasteiger charge is 2.17. The Balaban J connectivity index is 2.08. The van der Waals surface area contributed by atoms with E-state index in [0.29, 0.717) is 25.3 Å². The molecule has 0 fully saturated rings. The number of rotatable bonds is 6. The van der Waals surface area contributed by atoms with Crippen LogP contribution in [0.4, 0.5) is 0 Å². The normalized spacial score (nSPS) is 12.4. The zero-order valence-electron chi connectivity index (χ0n) is 12.3. The van der Waals surface area contributed by atoms with E-state index < -0.39 is 5.60 Å². The highest BCUT2D eigenvalue weighted by atomic mass is 16.3. The molecule has 0 atom stereocenters. The second kappa shape index (κ2) is 5.76. The first-order valence-electron chi connectivity index (χ1n) is 6.89. The molecular formula is C14H22N4O2. The number of likely N-dealkylation sites (N-methyl/N-ethyl adjacent to an activating group) is 1. The molecule has 6 nitrogen and oxygen atoms in total. The van der Waals surface area contributed by atoms with E-state index in [9.17, 15) is 9.90 Å². The van der Waals surface area contributed by atoms with Crippen LogP contribution in [0.2, 0.25) is 0 Å². The summed E-state index contributed by atoms with van der Waals surface area (Å²) < 4.78 is 3.01. The summed E-state index contributed by atoms with van der Waals surface area (Å²) in [5.41, 5.74) is -0.206. The molecule has 0 radical (unpaired) electrons. The summed E-state index contributed by atoms with van der Waals surface area (Å²) in [5.74, 6) is 0. The lowest BCUT2D eigenvalue weighted by atomic mass is 10.1. The van der Waals surface area contributed by atoms with Gasteiger partial charge in [0.25, 0.3) is 0 Å². The molecule has 1 N–H and O–H groups in total. The molecule has 110 valence electrons. The monoisotopic (exact) mass is 278 g/mol. The molecule has 0 aliphatic rings. The number of nitrogens with zero attached hydrogens (tertiary/aromatic N) is 4. The first-order chi connectivity index (χ1) is 9.40. The van der Waals surface area contributed by atoms with Gasteiger partial charge in [-0.1, -0.05) is 13.0 Å². The van der Waals surface area contributed by atoms with Crippen molar-refractivity contribution < 1.29 is 5.11 Å². The summed E-state index contributed by atoms with van der Waals surface area (Å²) in [6, 6.07) is 5.48. The van der Waals surface area contributed by atoms with Crippen LogP contribution in [0.15, 0.2) is 29.2 Å². The quantitative estimate of drug-likeness (QED) is 0.840. The van der Waals surface area contributed by atoms with Crippen molar-refractivity contribution in [3.8, 4) is 0 Å². The topological polar surface area (TPSA) is 62.8 Å². The zero-order chi connectivity index (χ0) is 14.8. The Bertz CT molecular complexity index is 624. The Morgan fingerprint density at radius 1 is 1.40 bits per heavy atom. The molecule has 0 unspecified atom stereocenters.